The molecule has 1 amide bonds. The lowest BCUT2D eigenvalue weighted by atomic mass is 10.2. The molecule has 0 radical (unpaired) electrons. The monoisotopic (exact) mass is 413 g/mol. The van der Waals surface area contributed by atoms with Crippen LogP contribution in [-0.4, -0.2) is 31.0 Å². The van der Waals surface area contributed by atoms with E-state index in [-0.39, 0.29) is 18.2 Å². The number of halogens is 1. The highest BCUT2D eigenvalue weighted by molar-refractivity contribution is 7.14. The van der Waals surface area contributed by atoms with Crippen LogP contribution < -0.4 is 9.80 Å². The van der Waals surface area contributed by atoms with Gasteiger partial charge in [0.15, 0.2) is 5.13 Å². The summed E-state index contributed by atoms with van der Waals surface area (Å²) in [5.74, 6) is -1.36. The van der Waals surface area contributed by atoms with Crippen LogP contribution in [0.1, 0.15) is 23.0 Å². The normalized spacial score (nSPS) is 10.5. The number of carbonyl (C=O) groups excluding carboxylic acids is 2. The van der Waals surface area contributed by atoms with Crippen molar-refractivity contribution in [1.82, 2.24) is 4.98 Å². The molecule has 2 aromatic carbocycles. The Morgan fingerprint density at radius 1 is 1.10 bits per heavy atom. The van der Waals surface area contributed by atoms with E-state index in [0.29, 0.717) is 16.4 Å². The number of rotatable bonds is 6. The van der Waals surface area contributed by atoms with Crippen LogP contribution in [0, 0.1) is 5.82 Å². The van der Waals surface area contributed by atoms with Crippen molar-refractivity contribution in [2.24, 2.45) is 0 Å². The molecule has 0 fully saturated rings. The average Bonchev–Trinajstić information content (AvgIpc) is 3.16. The molecule has 0 spiro atoms. The Labute approximate surface area is 172 Å². The van der Waals surface area contributed by atoms with Crippen LogP contribution in [-0.2, 0) is 16.1 Å². The fraction of sp³-hybridized carbons (Fsp3) is 0.190. The maximum atomic E-state index is 14.1. The van der Waals surface area contributed by atoms with E-state index >= 15 is 0 Å². The van der Waals surface area contributed by atoms with Gasteiger partial charge in [0.2, 0.25) is 5.91 Å². The summed E-state index contributed by atoms with van der Waals surface area (Å²) >= 11 is 1.17. The van der Waals surface area contributed by atoms with Gasteiger partial charge in [-0.2, -0.15) is 0 Å². The second-order valence-corrected chi connectivity index (χ2v) is 7.28. The van der Waals surface area contributed by atoms with Gasteiger partial charge in [0.25, 0.3) is 0 Å². The zero-order valence-electron chi connectivity index (χ0n) is 16.3. The third-order valence-corrected chi connectivity index (χ3v) is 4.98. The van der Waals surface area contributed by atoms with Crippen molar-refractivity contribution in [3.8, 4) is 0 Å². The zero-order valence-corrected chi connectivity index (χ0v) is 17.1. The molecule has 0 bridgehead atoms. The zero-order chi connectivity index (χ0) is 21.0. The molecule has 0 aliphatic rings. The van der Waals surface area contributed by atoms with Crippen LogP contribution in [0.25, 0.3) is 0 Å². The highest BCUT2D eigenvalue weighted by Gasteiger charge is 2.21. The van der Waals surface area contributed by atoms with Crippen molar-refractivity contribution in [3.05, 3.63) is 71.0 Å². The Balaban J connectivity index is 1.70. The lowest BCUT2D eigenvalue weighted by molar-refractivity contribution is -0.115. The minimum absolute atomic E-state index is 0.0478. The summed E-state index contributed by atoms with van der Waals surface area (Å²) in [6, 6.07) is 13.0. The second kappa shape index (κ2) is 8.83. The van der Waals surface area contributed by atoms with Gasteiger partial charge in [-0.05, 0) is 36.4 Å². The van der Waals surface area contributed by atoms with E-state index in [9.17, 15) is 14.0 Å². The molecule has 150 valence electrons. The van der Waals surface area contributed by atoms with Gasteiger partial charge in [0, 0.05) is 32.1 Å². The van der Waals surface area contributed by atoms with Gasteiger partial charge in [-0.3, -0.25) is 9.69 Å². The number of carbonyl (C=O) groups is 2. The molecule has 1 heterocycles. The fourth-order valence-electron chi connectivity index (χ4n) is 2.62. The number of amides is 1. The highest BCUT2D eigenvalue weighted by Crippen LogP contribution is 2.30. The number of benzene rings is 2. The van der Waals surface area contributed by atoms with Crippen molar-refractivity contribution in [2.45, 2.75) is 13.5 Å². The third-order valence-electron chi connectivity index (χ3n) is 4.11. The van der Waals surface area contributed by atoms with Crippen molar-refractivity contribution in [3.63, 3.8) is 0 Å². The number of aromatic nitrogens is 1. The number of para-hydroxylation sites is 1. The van der Waals surface area contributed by atoms with Gasteiger partial charge in [-0.25, -0.2) is 14.2 Å². The lowest BCUT2D eigenvalue weighted by Crippen LogP contribution is -2.23. The van der Waals surface area contributed by atoms with E-state index in [2.05, 4.69) is 4.98 Å². The van der Waals surface area contributed by atoms with Crippen LogP contribution in [0.2, 0.25) is 0 Å². The van der Waals surface area contributed by atoms with Gasteiger partial charge >= 0.3 is 5.97 Å². The van der Waals surface area contributed by atoms with Crippen molar-refractivity contribution in [2.75, 3.05) is 23.9 Å². The SMILES string of the molecule is CC(=O)N(c1nc(COC(=O)c2ccc(N(C)C)cc2)cs1)c1ccccc1F. The van der Waals surface area contributed by atoms with Crippen molar-refractivity contribution in [1.29, 1.82) is 0 Å². The second-order valence-electron chi connectivity index (χ2n) is 6.44. The minimum atomic E-state index is -0.521. The Hall–Kier alpha value is -3.26. The molecule has 0 N–H and O–H groups in total. The molecule has 8 heteroatoms. The van der Waals surface area contributed by atoms with Gasteiger partial charge < -0.3 is 9.64 Å². The third kappa shape index (κ3) is 4.78. The van der Waals surface area contributed by atoms with E-state index in [4.69, 9.17) is 4.74 Å². The van der Waals surface area contributed by atoms with Gasteiger partial charge in [-0.15, -0.1) is 11.3 Å². The van der Waals surface area contributed by atoms with Crippen molar-refractivity contribution >= 4 is 39.7 Å². The van der Waals surface area contributed by atoms with E-state index in [1.807, 2.05) is 31.1 Å². The van der Waals surface area contributed by atoms with E-state index < -0.39 is 11.8 Å². The van der Waals surface area contributed by atoms with Gasteiger partial charge in [-0.1, -0.05) is 12.1 Å². The first-order valence-electron chi connectivity index (χ1n) is 8.81. The molecule has 1 aromatic heterocycles. The number of esters is 1. The van der Waals surface area contributed by atoms with Crippen molar-refractivity contribution < 1.29 is 18.7 Å². The Bertz CT molecular complexity index is 1020. The fourth-order valence-corrected chi connectivity index (χ4v) is 3.49. The molecular weight excluding hydrogens is 393 g/mol. The molecule has 0 aliphatic carbocycles. The first-order valence-corrected chi connectivity index (χ1v) is 9.69. The summed E-state index contributed by atoms with van der Waals surface area (Å²) < 4.78 is 19.4. The van der Waals surface area contributed by atoms with E-state index in [1.165, 1.54) is 35.3 Å². The molecule has 3 rings (SSSR count). The number of hydrogen-bond acceptors (Lipinski definition) is 6. The van der Waals surface area contributed by atoms with Crippen LogP contribution in [0.3, 0.4) is 0 Å². The first-order chi connectivity index (χ1) is 13.9. The van der Waals surface area contributed by atoms with Gasteiger partial charge in [0.1, 0.15) is 12.4 Å². The molecule has 0 aliphatic heterocycles. The standard InChI is InChI=1S/C21H20FN3O3S/c1-14(26)25(19-7-5-4-6-18(19)22)21-23-16(13-29-21)12-28-20(27)15-8-10-17(11-9-15)24(2)3/h4-11,13H,12H2,1-3H3. The molecule has 0 atom stereocenters. The maximum absolute atomic E-state index is 14.1. The molecule has 0 unspecified atom stereocenters. The molecule has 3 aromatic rings. The van der Waals surface area contributed by atoms with Gasteiger partial charge in [0.05, 0.1) is 16.9 Å². The summed E-state index contributed by atoms with van der Waals surface area (Å²) in [6.07, 6.45) is 0. The molecule has 0 saturated heterocycles. The first kappa shape index (κ1) is 20.5. The highest BCUT2D eigenvalue weighted by atomic mass is 32.1. The Kier molecular flexibility index (Phi) is 6.23. The Morgan fingerprint density at radius 3 is 2.41 bits per heavy atom. The van der Waals surface area contributed by atoms with Crippen LogP contribution in [0.5, 0.6) is 0 Å². The smallest absolute Gasteiger partial charge is 0.338 e. The number of ether oxygens (including phenoxy) is 1. The topological polar surface area (TPSA) is 62.7 Å². The minimum Gasteiger partial charge on any atom is -0.456 e. The predicted octanol–water partition coefficient (Wildman–Crippen LogP) is 4.39. The molecular formula is C21H20FN3O3S. The molecule has 0 saturated carbocycles. The number of anilines is 3. The van der Waals surface area contributed by atoms with Crippen LogP contribution in [0.4, 0.5) is 20.9 Å². The summed E-state index contributed by atoms with van der Waals surface area (Å²) in [5.41, 5.74) is 2.01. The number of hydrogen-bond donors (Lipinski definition) is 0. The quantitative estimate of drug-likeness (QED) is 0.561. The van der Waals surface area contributed by atoms with E-state index in [0.717, 1.165) is 5.69 Å². The summed E-state index contributed by atoms with van der Waals surface area (Å²) in [5, 5.41) is 1.98. The van der Waals surface area contributed by atoms with Crippen LogP contribution >= 0.6 is 11.3 Å². The summed E-state index contributed by atoms with van der Waals surface area (Å²) in [7, 11) is 3.83. The Morgan fingerprint density at radius 2 is 1.79 bits per heavy atom. The number of nitrogens with zero attached hydrogens (tertiary/aromatic N) is 3. The molecule has 6 nitrogen and oxygen atoms in total. The lowest BCUT2D eigenvalue weighted by Gasteiger charge is -2.18. The van der Waals surface area contributed by atoms with Crippen LogP contribution in [0.15, 0.2) is 53.9 Å². The summed E-state index contributed by atoms with van der Waals surface area (Å²) in [4.78, 5) is 31.8. The largest absolute Gasteiger partial charge is 0.456 e. The summed E-state index contributed by atoms with van der Waals surface area (Å²) in [6.45, 7) is 1.29. The van der Waals surface area contributed by atoms with E-state index in [1.54, 1.807) is 29.6 Å². The maximum Gasteiger partial charge on any atom is 0.338 e. The molecule has 29 heavy (non-hydrogen) atoms. The number of thiazole rings is 1. The predicted molar refractivity (Wildman–Crippen MR) is 111 cm³/mol. The average molecular weight is 413 g/mol.